The van der Waals surface area contributed by atoms with E-state index in [1.807, 2.05) is 13.0 Å². The fraction of sp³-hybridized carbons (Fsp3) is 0.500. The minimum atomic E-state index is -0.374. The van der Waals surface area contributed by atoms with Crippen molar-refractivity contribution in [2.24, 2.45) is 5.73 Å². The Labute approximate surface area is 106 Å². The number of para-hydroxylation sites is 1. The number of nitrogens with zero attached hydrogens (tertiary/aromatic N) is 2. The van der Waals surface area contributed by atoms with Crippen molar-refractivity contribution >= 4 is 11.0 Å². The van der Waals surface area contributed by atoms with Gasteiger partial charge in [0.05, 0.1) is 11.1 Å². The Kier molecular flexibility index (Phi) is 2.63. The van der Waals surface area contributed by atoms with Gasteiger partial charge < -0.3 is 10.3 Å². The summed E-state index contributed by atoms with van der Waals surface area (Å²) in [5, 5.41) is 0. The summed E-state index contributed by atoms with van der Waals surface area (Å²) < 4.78 is 15.9. The number of imidazole rings is 1. The van der Waals surface area contributed by atoms with Gasteiger partial charge in [0.1, 0.15) is 11.3 Å². The molecule has 0 unspecified atom stereocenters. The summed E-state index contributed by atoms with van der Waals surface area (Å²) in [5.41, 5.74) is 7.39. The predicted octanol–water partition coefficient (Wildman–Crippen LogP) is 2.92. The van der Waals surface area contributed by atoms with Crippen LogP contribution in [0.1, 0.15) is 38.4 Å². The number of fused-ring (bicyclic) bond motifs is 1. The second-order valence-electron chi connectivity index (χ2n) is 5.15. The van der Waals surface area contributed by atoms with Gasteiger partial charge in [0.15, 0.2) is 5.82 Å². The van der Waals surface area contributed by atoms with Crippen LogP contribution in [0.25, 0.3) is 11.0 Å². The third kappa shape index (κ3) is 1.56. The molecule has 1 aromatic carbocycles. The van der Waals surface area contributed by atoms with Crippen LogP contribution in [0.5, 0.6) is 0 Å². The Bertz CT molecular complexity index is 582. The number of hydrogen-bond donors (Lipinski definition) is 1. The van der Waals surface area contributed by atoms with Crippen molar-refractivity contribution in [2.75, 3.05) is 0 Å². The number of nitrogens with two attached hydrogens (primary N) is 1. The van der Waals surface area contributed by atoms with Crippen molar-refractivity contribution < 1.29 is 4.39 Å². The van der Waals surface area contributed by atoms with E-state index in [1.165, 1.54) is 6.07 Å². The van der Waals surface area contributed by atoms with Gasteiger partial charge in [-0.1, -0.05) is 18.9 Å². The third-order valence-electron chi connectivity index (χ3n) is 3.99. The average Bonchev–Trinajstić information content (AvgIpc) is 2.94. The molecule has 0 saturated heterocycles. The Morgan fingerprint density at radius 1 is 1.39 bits per heavy atom. The molecule has 3 rings (SSSR count). The maximum Gasteiger partial charge on any atom is 0.151 e. The van der Waals surface area contributed by atoms with E-state index >= 15 is 0 Å². The summed E-state index contributed by atoms with van der Waals surface area (Å²) in [6.45, 7) is 2.82. The van der Waals surface area contributed by atoms with Crippen LogP contribution >= 0.6 is 0 Å². The molecule has 4 heteroatoms. The minimum Gasteiger partial charge on any atom is -0.327 e. The van der Waals surface area contributed by atoms with E-state index < -0.39 is 0 Å². The average molecular weight is 247 g/mol. The molecule has 96 valence electrons. The minimum absolute atomic E-state index is 0.262. The summed E-state index contributed by atoms with van der Waals surface area (Å²) in [5.74, 6) is 0.588. The first-order valence-corrected chi connectivity index (χ1v) is 6.60. The fourth-order valence-corrected chi connectivity index (χ4v) is 3.04. The highest BCUT2D eigenvalue weighted by Crippen LogP contribution is 2.37. The lowest BCUT2D eigenvalue weighted by Gasteiger charge is -2.23. The van der Waals surface area contributed by atoms with Gasteiger partial charge in [-0.2, -0.15) is 0 Å². The molecule has 0 radical (unpaired) electrons. The summed E-state index contributed by atoms with van der Waals surface area (Å²) in [7, 11) is 0. The first-order valence-electron chi connectivity index (χ1n) is 6.60. The molecule has 0 bridgehead atoms. The molecule has 3 nitrogen and oxygen atoms in total. The molecule has 2 N–H and O–H groups in total. The van der Waals surface area contributed by atoms with Gasteiger partial charge in [-0.05, 0) is 31.9 Å². The van der Waals surface area contributed by atoms with E-state index in [9.17, 15) is 4.39 Å². The van der Waals surface area contributed by atoms with E-state index in [2.05, 4.69) is 9.55 Å². The predicted molar refractivity (Wildman–Crippen MR) is 69.7 cm³/mol. The van der Waals surface area contributed by atoms with Crippen molar-refractivity contribution in [3.63, 3.8) is 0 Å². The highest BCUT2D eigenvalue weighted by atomic mass is 19.1. The molecule has 0 aliphatic heterocycles. The molecule has 1 saturated carbocycles. The molecule has 18 heavy (non-hydrogen) atoms. The fourth-order valence-electron chi connectivity index (χ4n) is 3.04. The molecular weight excluding hydrogens is 229 g/mol. The molecule has 1 heterocycles. The number of rotatable bonds is 2. The van der Waals surface area contributed by atoms with Gasteiger partial charge in [0.25, 0.3) is 0 Å². The Morgan fingerprint density at radius 2 is 2.11 bits per heavy atom. The maximum absolute atomic E-state index is 13.8. The quantitative estimate of drug-likeness (QED) is 0.886. The van der Waals surface area contributed by atoms with Crippen LogP contribution in [-0.2, 0) is 12.1 Å². The topological polar surface area (TPSA) is 43.8 Å². The van der Waals surface area contributed by atoms with Crippen molar-refractivity contribution in [3.05, 3.63) is 29.8 Å². The maximum atomic E-state index is 13.8. The lowest BCUT2D eigenvalue weighted by atomic mass is 9.98. The van der Waals surface area contributed by atoms with Crippen LogP contribution in [0.2, 0.25) is 0 Å². The van der Waals surface area contributed by atoms with Gasteiger partial charge in [-0.15, -0.1) is 0 Å². The van der Waals surface area contributed by atoms with Crippen LogP contribution in [0.15, 0.2) is 18.2 Å². The van der Waals surface area contributed by atoms with Gasteiger partial charge in [0, 0.05) is 6.54 Å². The van der Waals surface area contributed by atoms with Gasteiger partial charge in [-0.25, -0.2) is 9.37 Å². The van der Waals surface area contributed by atoms with E-state index in [-0.39, 0.29) is 11.4 Å². The zero-order valence-corrected chi connectivity index (χ0v) is 10.6. The largest absolute Gasteiger partial charge is 0.327 e. The normalized spacial score (nSPS) is 18.6. The number of hydrogen-bond acceptors (Lipinski definition) is 2. The van der Waals surface area contributed by atoms with Crippen LogP contribution < -0.4 is 5.73 Å². The Hall–Kier alpha value is -1.42. The second-order valence-corrected chi connectivity index (χ2v) is 5.15. The van der Waals surface area contributed by atoms with Crippen molar-refractivity contribution in [3.8, 4) is 0 Å². The number of aryl methyl sites for hydroxylation is 1. The zero-order chi connectivity index (χ0) is 12.8. The van der Waals surface area contributed by atoms with Crippen LogP contribution in [0.4, 0.5) is 4.39 Å². The van der Waals surface area contributed by atoms with Crippen LogP contribution in [-0.4, -0.2) is 9.55 Å². The summed E-state index contributed by atoms with van der Waals surface area (Å²) in [4.78, 5) is 4.50. The molecule has 0 amide bonds. The first kappa shape index (κ1) is 11.7. The number of benzene rings is 1. The van der Waals surface area contributed by atoms with Crippen molar-refractivity contribution in [1.82, 2.24) is 9.55 Å². The van der Waals surface area contributed by atoms with Crippen molar-refractivity contribution in [1.29, 1.82) is 0 Å². The highest BCUT2D eigenvalue weighted by Gasteiger charge is 2.36. The SMILES string of the molecule is CCn1c(C2(N)CCCC2)nc2c(F)cccc21. The van der Waals surface area contributed by atoms with E-state index in [1.54, 1.807) is 6.07 Å². The molecule has 1 aromatic heterocycles. The third-order valence-corrected chi connectivity index (χ3v) is 3.99. The van der Waals surface area contributed by atoms with Gasteiger partial charge in [-0.3, -0.25) is 0 Å². The number of aromatic nitrogens is 2. The highest BCUT2D eigenvalue weighted by molar-refractivity contribution is 5.77. The summed E-state index contributed by atoms with van der Waals surface area (Å²) >= 11 is 0. The van der Waals surface area contributed by atoms with Crippen molar-refractivity contribution in [2.45, 2.75) is 44.7 Å². The number of halogens is 1. The molecule has 2 aromatic rings. The molecule has 1 aliphatic rings. The molecule has 1 fully saturated rings. The summed E-state index contributed by atoms with van der Waals surface area (Å²) in [6, 6.07) is 5.10. The smallest absolute Gasteiger partial charge is 0.151 e. The van der Waals surface area contributed by atoms with Crippen LogP contribution in [0, 0.1) is 5.82 Å². The monoisotopic (exact) mass is 247 g/mol. The molecule has 0 atom stereocenters. The van der Waals surface area contributed by atoms with Gasteiger partial charge in [0.2, 0.25) is 0 Å². The lowest BCUT2D eigenvalue weighted by Crippen LogP contribution is -2.36. The van der Waals surface area contributed by atoms with Crippen LogP contribution in [0.3, 0.4) is 0 Å². The standard InChI is InChI=1S/C14H18FN3/c1-2-18-11-7-5-6-10(15)12(11)17-13(18)14(16)8-3-4-9-14/h5-7H,2-4,8-9,16H2,1H3. The summed E-state index contributed by atoms with van der Waals surface area (Å²) in [6.07, 6.45) is 4.15. The molecule has 1 aliphatic carbocycles. The lowest BCUT2D eigenvalue weighted by molar-refractivity contribution is 0.413. The molecular formula is C14H18FN3. The second kappa shape index (κ2) is 4.05. The van der Waals surface area contributed by atoms with E-state index in [0.29, 0.717) is 5.52 Å². The Morgan fingerprint density at radius 3 is 2.78 bits per heavy atom. The van der Waals surface area contributed by atoms with Gasteiger partial charge >= 0.3 is 0 Å². The first-order chi connectivity index (χ1) is 8.65. The Balaban J connectivity index is 2.26. The zero-order valence-electron chi connectivity index (χ0n) is 10.6. The van der Waals surface area contributed by atoms with E-state index in [4.69, 9.17) is 5.73 Å². The molecule has 0 spiro atoms. The van der Waals surface area contributed by atoms with E-state index in [0.717, 1.165) is 43.6 Å².